The Bertz CT molecular complexity index is 1090. The van der Waals surface area contributed by atoms with Crippen molar-refractivity contribution in [2.24, 2.45) is 0 Å². The first-order chi connectivity index (χ1) is 12.8. The minimum Gasteiger partial charge on any atom is -0.406 e. The van der Waals surface area contributed by atoms with Crippen molar-refractivity contribution >= 4 is 32.8 Å². The van der Waals surface area contributed by atoms with Gasteiger partial charge in [-0.2, -0.15) is 0 Å². The van der Waals surface area contributed by atoms with Gasteiger partial charge in [0.15, 0.2) is 11.2 Å². The molecule has 1 aromatic carbocycles. The van der Waals surface area contributed by atoms with Gasteiger partial charge < -0.3 is 4.42 Å². The fourth-order valence-corrected chi connectivity index (χ4v) is 4.75. The molecule has 0 radical (unpaired) electrons. The molecule has 4 aromatic rings. The third-order valence-corrected chi connectivity index (χ3v) is 6.21. The molecule has 5 rings (SSSR count). The summed E-state index contributed by atoms with van der Waals surface area (Å²) in [4.78, 5) is 23.5. The summed E-state index contributed by atoms with van der Waals surface area (Å²) in [5.74, 6) is 0.159. The number of benzene rings is 1. The second-order valence-corrected chi connectivity index (χ2v) is 7.74. The first-order valence-corrected chi connectivity index (χ1v) is 9.62. The van der Waals surface area contributed by atoms with E-state index in [-0.39, 0.29) is 5.76 Å². The Hall–Kier alpha value is -2.51. The lowest BCUT2D eigenvalue weighted by Crippen LogP contribution is -2.36. The second-order valence-electron chi connectivity index (χ2n) is 6.67. The van der Waals surface area contributed by atoms with Gasteiger partial charge in [-0.25, -0.2) is 19.3 Å². The van der Waals surface area contributed by atoms with Gasteiger partial charge in [0.2, 0.25) is 0 Å². The van der Waals surface area contributed by atoms with Crippen LogP contribution in [-0.2, 0) is 6.67 Å². The molecule has 26 heavy (non-hydrogen) atoms. The van der Waals surface area contributed by atoms with Crippen LogP contribution in [0.2, 0.25) is 0 Å². The summed E-state index contributed by atoms with van der Waals surface area (Å²) in [6, 6.07) is 11.9. The van der Waals surface area contributed by atoms with E-state index in [0.717, 1.165) is 31.4 Å². The molecule has 1 fully saturated rings. The molecule has 0 spiro atoms. The van der Waals surface area contributed by atoms with Crippen molar-refractivity contribution in [3.63, 3.8) is 0 Å². The van der Waals surface area contributed by atoms with Crippen molar-refractivity contribution in [2.45, 2.75) is 25.4 Å². The predicted molar refractivity (Wildman–Crippen MR) is 101 cm³/mol. The highest BCUT2D eigenvalue weighted by Crippen LogP contribution is 2.33. The van der Waals surface area contributed by atoms with Crippen LogP contribution < -0.4 is 5.76 Å². The molecule has 4 heterocycles. The van der Waals surface area contributed by atoms with Crippen LogP contribution in [0.4, 0.5) is 0 Å². The van der Waals surface area contributed by atoms with Gasteiger partial charge in [-0.3, -0.25) is 4.90 Å². The van der Waals surface area contributed by atoms with Crippen molar-refractivity contribution in [3.05, 3.63) is 58.2 Å². The highest BCUT2D eigenvalue weighted by Gasteiger charge is 2.24. The minimum atomic E-state index is -0.341. The number of pyridine rings is 1. The monoisotopic (exact) mass is 366 g/mol. The fraction of sp³-hybridized carbons (Fsp3) is 0.316. The van der Waals surface area contributed by atoms with E-state index in [2.05, 4.69) is 28.1 Å². The molecule has 0 aliphatic carbocycles. The number of aromatic nitrogens is 3. The van der Waals surface area contributed by atoms with Gasteiger partial charge in [0.05, 0.1) is 21.9 Å². The van der Waals surface area contributed by atoms with Gasteiger partial charge in [-0.1, -0.05) is 12.1 Å². The van der Waals surface area contributed by atoms with Crippen LogP contribution in [0, 0.1) is 0 Å². The summed E-state index contributed by atoms with van der Waals surface area (Å²) in [6.45, 7) is 2.40. The zero-order chi connectivity index (χ0) is 17.5. The summed E-state index contributed by atoms with van der Waals surface area (Å²) < 4.78 is 8.15. The number of piperidine rings is 1. The number of fused-ring (bicyclic) bond motifs is 2. The van der Waals surface area contributed by atoms with Crippen molar-refractivity contribution in [1.82, 2.24) is 19.4 Å². The fourth-order valence-electron chi connectivity index (χ4n) is 3.61. The Morgan fingerprint density at radius 2 is 2.00 bits per heavy atom. The first kappa shape index (κ1) is 15.7. The number of likely N-dealkylation sites (tertiary alicyclic amines) is 1. The van der Waals surface area contributed by atoms with E-state index in [1.54, 1.807) is 34.2 Å². The Balaban J connectivity index is 1.31. The minimum absolute atomic E-state index is 0.341. The molecule has 3 aromatic heterocycles. The van der Waals surface area contributed by atoms with Crippen molar-refractivity contribution < 1.29 is 4.42 Å². The zero-order valence-electron chi connectivity index (χ0n) is 14.2. The van der Waals surface area contributed by atoms with E-state index in [1.165, 1.54) is 9.71 Å². The summed E-state index contributed by atoms with van der Waals surface area (Å²) >= 11 is 1.80. The first-order valence-electron chi connectivity index (χ1n) is 8.80. The molecular weight excluding hydrogens is 348 g/mol. The molecule has 1 aliphatic heterocycles. The molecule has 0 N–H and O–H groups in total. The van der Waals surface area contributed by atoms with Gasteiger partial charge in [0.1, 0.15) is 0 Å². The van der Waals surface area contributed by atoms with Crippen molar-refractivity contribution in [2.75, 3.05) is 13.1 Å². The molecule has 6 nitrogen and oxygen atoms in total. The van der Waals surface area contributed by atoms with E-state index in [9.17, 15) is 4.79 Å². The smallest absolute Gasteiger partial charge is 0.406 e. The van der Waals surface area contributed by atoms with Crippen LogP contribution in [0.15, 0.2) is 51.8 Å². The predicted octanol–water partition coefficient (Wildman–Crippen LogP) is 3.44. The summed E-state index contributed by atoms with van der Waals surface area (Å²) in [7, 11) is 0. The Labute approximate surface area is 153 Å². The Morgan fingerprint density at radius 3 is 2.85 bits per heavy atom. The topological polar surface area (TPSA) is 64.2 Å². The van der Waals surface area contributed by atoms with Gasteiger partial charge in [-0.05, 0) is 37.1 Å². The summed E-state index contributed by atoms with van der Waals surface area (Å²) in [6.07, 6.45) is 3.79. The Kier molecular flexibility index (Phi) is 3.83. The van der Waals surface area contributed by atoms with Crippen LogP contribution >= 0.6 is 11.3 Å². The van der Waals surface area contributed by atoms with Crippen LogP contribution in [0.3, 0.4) is 0 Å². The van der Waals surface area contributed by atoms with Crippen molar-refractivity contribution in [3.8, 4) is 0 Å². The van der Waals surface area contributed by atoms with Crippen LogP contribution in [0.1, 0.15) is 23.8 Å². The highest BCUT2D eigenvalue weighted by molar-refractivity contribution is 7.18. The molecule has 0 saturated carbocycles. The molecule has 0 bridgehead atoms. The highest BCUT2D eigenvalue weighted by atomic mass is 32.1. The van der Waals surface area contributed by atoms with E-state index in [1.807, 2.05) is 6.07 Å². The van der Waals surface area contributed by atoms with E-state index >= 15 is 0 Å². The van der Waals surface area contributed by atoms with Crippen LogP contribution in [-0.4, -0.2) is 32.5 Å². The van der Waals surface area contributed by atoms with Crippen LogP contribution in [0.5, 0.6) is 0 Å². The molecule has 0 unspecified atom stereocenters. The molecule has 1 aliphatic rings. The maximum Gasteiger partial charge on any atom is 0.422 e. The lowest BCUT2D eigenvalue weighted by molar-refractivity contribution is 0.166. The third-order valence-electron chi connectivity index (χ3n) is 5.01. The molecule has 132 valence electrons. The largest absolute Gasteiger partial charge is 0.422 e. The number of thiazole rings is 1. The number of hydrogen-bond acceptors (Lipinski definition) is 6. The number of nitrogens with zero attached hydrogens (tertiary/aromatic N) is 4. The quantitative estimate of drug-likeness (QED) is 0.556. The average Bonchev–Trinajstić information content (AvgIpc) is 3.24. The second kappa shape index (κ2) is 6.34. The van der Waals surface area contributed by atoms with E-state index in [0.29, 0.717) is 23.8 Å². The zero-order valence-corrected chi connectivity index (χ0v) is 15.0. The van der Waals surface area contributed by atoms with Crippen molar-refractivity contribution in [1.29, 1.82) is 0 Å². The number of rotatable bonds is 3. The number of hydrogen-bond donors (Lipinski definition) is 0. The van der Waals surface area contributed by atoms with E-state index in [4.69, 9.17) is 9.40 Å². The number of oxazole rings is 1. The Morgan fingerprint density at radius 1 is 1.15 bits per heavy atom. The maximum absolute atomic E-state index is 12.1. The lowest BCUT2D eigenvalue weighted by atomic mass is 9.98. The van der Waals surface area contributed by atoms with Crippen LogP contribution in [0.25, 0.3) is 21.4 Å². The molecule has 0 atom stereocenters. The average molecular weight is 366 g/mol. The van der Waals surface area contributed by atoms with Gasteiger partial charge in [-0.15, -0.1) is 11.3 Å². The lowest BCUT2D eigenvalue weighted by Gasteiger charge is -2.30. The molecule has 0 amide bonds. The molecule has 1 saturated heterocycles. The third kappa shape index (κ3) is 2.73. The SMILES string of the molecule is O=c1oc2cccnc2n1CN1CCC(c2nc3ccccc3s2)CC1. The number of para-hydroxylation sites is 1. The standard InChI is InChI=1S/C19H18N4O2S/c24-19-23(17-15(25-19)5-3-9-20-17)12-22-10-7-13(8-11-22)18-21-14-4-1-2-6-16(14)26-18/h1-6,9,13H,7-8,10-12H2. The molecule has 7 heteroatoms. The molecular formula is C19H18N4O2S. The van der Waals surface area contributed by atoms with Gasteiger partial charge >= 0.3 is 5.76 Å². The maximum atomic E-state index is 12.1. The normalized spacial score (nSPS) is 16.6. The summed E-state index contributed by atoms with van der Waals surface area (Å²) in [5.41, 5.74) is 2.25. The van der Waals surface area contributed by atoms with Gasteiger partial charge in [0, 0.05) is 25.2 Å². The summed E-state index contributed by atoms with van der Waals surface area (Å²) in [5, 5.41) is 1.23. The van der Waals surface area contributed by atoms with Gasteiger partial charge in [0.25, 0.3) is 0 Å². The van der Waals surface area contributed by atoms with E-state index < -0.39 is 0 Å².